The molecule has 0 aliphatic rings. The number of nitrogens with one attached hydrogen (secondary N) is 1. The average molecular weight is 304 g/mol. The standard InChI is InChI=1S/C16H20N2O4/c1-12(2)10-14(15(19)21-9-8-17)18-16(20)22-11-13-6-4-3-5-7-13/h3-7,12,14H,9-11H2,1-2H3,(H,18,20)/t14-/m0/s1. The molecule has 0 fully saturated rings. The summed E-state index contributed by atoms with van der Waals surface area (Å²) in [6, 6.07) is 10.1. The van der Waals surface area contributed by atoms with Crippen molar-refractivity contribution in [1.29, 1.82) is 5.26 Å². The van der Waals surface area contributed by atoms with E-state index in [1.165, 1.54) is 0 Å². The maximum atomic E-state index is 11.8. The maximum absolute atomic E-state index is 11.8. The first-order valence-corrected chi connectivity index (χ1v) is 7.03. The van der Waals surface area contributed by atoms with Crippen molar-refractivity contribution in [2.45, 2.75) is 32.9 Å². The van der Waals surface area contributed by atoms with Crippen LogP contribution in [-0.4, -0.2) is 24.7 Å². The molecule has 1 rings (SSSR count). The molecule has 0 unspecified atom stereocenters. The Bertz CT molecular complexity index is 523. The highest BCUT2D eigenvalue weighted by Crippen LogP contribution is 2.07. The van der Waals surface area contributed by atoms with Gasteiger partial charge in [0.05, 0.1) is 0 Å². The molecule has 6 nitrogen and oxygen atoms in total. The van der Waals surface area contributed by atoms with Crippen LogP contribution in [0.1, 0.15) is 25.8 Å². The molecule has 6 heteroatoms. The Labute approximate surface area is 130 Å². The van der Waals surface area contributed by atoms with Crippen molar-refractivity contribution in [2.75, 3.05) is 6.61 Å². The highest BCUT2D eigenvalue weighted by Gasteiger charge is 2.24. The van der Waals surface area contributed by atoms with Crippen LogP contribution >= 0.6 is 0 Å². The minimum absolute atomic E-state index is 0.119. The minimum atomic E-state index is -0.823. The number of rotatable bonds is 7. The Balaban J connectivity index is 2.51. The summed E-state index contributed by atoms with van der Waals surface area (Å²) >= 11 is 0. The Morgan fingerprint density at radius 1 is 1.23 bits per heavy atom. The number of carbonyl (C=O) groups is 2. The van der Waals surface area contributed by atoms with E-state index in [1.54, 1.807) is 6.07 Å². The monoisotopic (exact) mass is 304 g/mol. The van der Waals surface area contributed by atoms with Gasteiger partial charge in [0.25, 0.3) is 0 Å². The lowest BCUT2D eigenvalue weighted by molar-refractivity contribution is -0.145. The van der Waals surface area contributed by atoms with Gasteiger partial charge in [0.15, 0.2) is 6.61 Å². The Hall–Kier alpha value is -2.55. The zero-order chi connectivity index (χ0) is 16.4. The lowest BCUT2D eigenvalue weighted by Crippen LogP contribution is -2.43. The first-order chi connectivity index (χ1) is 10.5. The van der Waals surface area contributed by atoms with E-state index in [4.69, 9.17) is 14.7 Å². The highest BCUT2D eigenvalue weighted by molar-refractivity contribution is 5.81. The molecule has 0 saturated heterocycles. The average Bonchev–Trinajstić information content (AvgIpc) is 2.50. The summed E-state index contributed by atoms with van der Waals surface area (Å²) in [6.45, 7) is 3.62. The van der Waals surface area contributed by atoms with Crippen molar-refractivity contribution >= 4 is 12.1 Å². The molecule has 0 spiro atoms. The summed E-state index contributed by atoms with van der Waals surface area (Å²) in [6.07, 6.45) is -0.284. The van der Waals surface area contributed by atoms with Crippen molar-refractivity contribution in [3.63, 3.8) is 0 Å². The number of amides is 1. The molecule has 118 valence electrons. The van der Waals surface area contributed by atoms with Crippen molar-refractivity contribution in [1.82, 2.24) is 5.32 Å². The molecular formula is C16H20N2O4. The van der Waals surface area contributed by atoms with Gasteiger partial charge >= 0.3 is 12.1 Å². The molecule has 22 heavy (non-hydrogen) atoms. The fraction of sp³-hybridized carbons (Fsp3) is 0.438. The predicted molar refractivity (Wildman–Crippen MR) is 79.6 cm³/mol. The second kappa shape index (κ2) is 9.40. The molecule has 1 atom stereocenters. The van der Waals surface area contributed by atoms with Crippen LogP contribution in [0.2, 0.25) is 0 Å². The van der Waals surface area contributed by atoms with Gasteiger partial charge in [-0.25, -0.2) is 9.59 Å². The Morgan fingerprint density at radius 2 is 1.91 bits per heavy atom. The van der Waals surface area contributed by atoms with Crippen LogP contribution in [0, 0.1) is 17.2 Å². The number of carbonyl (C=O) groups excluding carboxylic acids is 2. The van der Waals surface area contributed by atoms with Crippen LogP contribution in [0.25, 0.3) is 0 Å². The van der Waals surface area contributed by atoms with Crippen LogP contribution in [0.15, 0.2) is 30.3 Å². The minimum Gasteiger partial charge on any atom is -0.449 e. The van der Waals surface area contributed by atoms with Crippen molar-refractivity contribution < 1.29 is 19.1 Å². The predicted octanol–water partition coefficient (Wildman–Crippen LogP) is 2.39. The molecule has 1 amide bonds. The molecule has 0 radical (unpaired) electrons. The van der Waals surface area contributed by atoms with E-state index in [1.807, 2.05) is 44.2 Å². The topological polar surface area (TPSA) is 88.4 Å². The first kappa shape index (κ1) is 17.5. The summed E-state index contributed by atoms with van der Waals surface area (Å²) in [7, 11) is 0. The summed E-state index contributed by atoms with van der Waals surface area (Å²) < 4.78 is 9.82. The van der Waals surface area contributed by atoms with Gasteiger partial charge in [0.1, 0.15) is 18.7 Å². The van der Waals surface area contributed by atoms with E-state index >= 15 is 0 Å². The first-order valence-electron chi connectivity index (χ1n) is 7.03. The van der Waals surface area contributed by atoms with Crippen LogP contribution in [-0.2, 0) is 20.9 Å². The maximum Gasteiger partial charge on any atom is 0.408 e. The zero-order valence-corrected chi connectivity index (χ0v) is 12.7. The smallest absolute Gasteiger partial charge is 0.408 e. The molecule has 1 aromatic rings. The largest absolute Gasteiger partial charge is 0.449 e. The third-order valence-corrected chi connectivity index (χ3v) is 2.78. The third-order valence-electron chi connectivity index (χ3n) is 2.78. The lowest BCUT2D eigenvalue weighted by Gasteiger charge is -2.18. The number of benzene rings is 1. The van der Waals surface area contributed by atoms with Gasteiger partial charge in [-0.3, -0.25) is 0 Å². The van der Waals surface area contributed by atoms with Crippen LogP contribution in [0.5, 0.6) is 0 Å². The molecule has 1 aromatic carbocycles. The lowest BCUT2D eigenvalue weighted by atomic mass is 10.0. The van der Waals surface area contributed by atoms with Gasteiger partial charge in [0, 0.05) is 0 Å². The second-order valence-electron chi connectivity index (χ2n) is 5.15. The van der Waals surface area contributed by atoms with E-state index < -0.39 is 18.1 Å². The molecule has 1 N–H and O–H groups in total. The van der Waals surface area contributed by atoms with Gasteiger partial charge in [-0.05, 0) is 17.9 Å². The van der Waals surface area contributed by atoms with Gasteiger partial charge in [-0.1, -0.05) is 44.2 Å². The fourth-order valence-corrected chi connectivity index (χ4v) is 1.80. The van der Waals surface area contributed by atoms with Gasteiger partial charge in [-0.15, -0.1) is 0 Å². The van der Waals surface area contributed by atoms with Crippen LogP contribution < -0.4 is 5.32 Å². The number of esters is 1. The third kappa shape index (κ3) is 6.75. The van der Waals surface area contributed by atoms with Gasteiger partial charge in [0.2, 0.25) is 0 Å². The normalized spacial score (nSPS) is 11.4. The van der Waals surface area contributed by atoms with Crippen molar-refractivity contribution in [3.8, 4) is 6.07 Å². The second-order valence-corrected chi connectivity index (χ2v) is 5.15. The fourth-order valence-electron chi connectivity index (χ4n) is 1.80. The molecule has 0 aliphatic carbocycles. The van der Waals surface area contributed by atoms with E-state index in [9.17, 15) is 9.59 Å². The Kier molecular flexibility index (Phi) is 7.48. The number of nitrogens with zero attached hydrogens (tertiary/aromatic N) is 1. The number of ether oxygens (including phenoxy) is 2. The van der Waals surface area contributed by atoms with E-state index in [2.05, 4.69) is 5.32 Å². The molecule has 0 aromatic heterocycles. The van der Waals surface area contributed by atoms with Crippen LogP contribution in [0.4, 0.5) is 4.79 Å². The summed E-state index contributed by atoms with van der Waals surface area (Å²) in [5.41, 5.74) is 0.852. The zero-order valence-electron chi connectivity index (χ0n) is 12.7. The van der Waals surface area contributed by atoms with E-state index in [0.29, 0.717) is 6.42 Å². The molecular weight excluding hydrogens is 284 g/mol. The van der Waals surface area contributed by atoms with E-state index in [0.717, 1.165) is 5.56 Å². The SMILES string of the molecule is CC(C)C[C@H](NC(=O)OCc1ccccc1)C(=O)OCC#N. The van der Waals surface area contributed by atoms with Gasteiger partial charge < -0.3 is 14.8 Å². The van der Waals surface area contributed by atoms with Crippen molar-refractivity contribution in [2.24, 2.45) is 5.92 Å². The summed E-state index contributed by atoms with van der Waals surface area (Å²) in [4.78, 5) is 23.6. The summed E-state index contributed by atoms with van der Waals surface area (Å²) in [5, 5.41) is 10.9. The summed E-state index contributed by atoms with van der Waals surface area (Å²) in [5.74, 6) is -0.457. The van der Waals surface area contributed by atoms with Crippen molar-refractivity contribution in [3.05, 3.63) is 35.9 Å². The van der Waals surface area contributed by atoms with Crippen LogP contribution in [0.3, 0.4) is 0 Å². The number of hydrogen-bond acceptors (Lipinski definition) is 5. The molecule has 0 aliphatic heterocycles. The quantitative estimate of drug-likeness (QED) is 0.781. The molecule has 0 heterocycles. The number of alkyl carbamates (subject to hydrolysis) is 1. The van der Waals surface area contributed by atoms with E-state index in [-0.39, 0.29) is 19.1 Å². The number of nitriles is 1. The molecule has 0 bridgehead atoms. The van der Waals surface area contributed by atoms with Gasteiger partial charge in [-0.2, -0.15) is 5.26 Å². The molecule has 0 saturated carbocycles. The Morgan fingerprint density at radius 3 is 2.50 bits per heavy atom. The highest BCUT2D eigenvalue weighted by atomic mass is 16.6. The number of hydrogen-bond donors (Lipinski definition) is 1.